The summed E-state index contributed by atoms with van der Waals surface area (Å²) in [6, 6.07) is 9.52. The number of halogens is 1. The molecule has 0 unspecified atom stereocenters. The van der Waals surface area contributed by atoms with Crippen LogP contribution in [0.25, 0.3) is 6.08 Å². The van der Waals surface area contributed by atoms with E-state index >= 15 is 0 Å². The number of carbonyl (C=O) groups is 2. The molecule has 0 radical (unpaired) electrons. The molecule has 1 heterocycles. The van der Waals surface area contributed by atoms with E-state index in [9.17, 15) is 14.7 Å². The SMILES string of the molecule is COc1ccc(/C=C2/SC(=S)N(CC(=O)Nc3cc(Cl)ccc3O)C2=O)cc1OC. The summed E-state index contributed by atoms with van der Waals surface area (Å²) in [7, 11) is 3.06. The number of rotatable bonds is 6. The number of hydrogen-bond donors (Lipinski definition) is 2. The number of hydrogen-bond acceptors (Lipinski definition) is 7. The topological polar surface area (TPSA) is 88.1 Å². The predicted octanol–water partition coefficient (Wildman–Crippen LogP) is 3.90. The van der Waals surface area contributed by atoms with Gasteiger partial charge in [-0.15, -0.1) is 0 Å². The van der Waals surface area contributed by atoms with Crippen molar-refractivity contribution in [3.63, 3.8) is 0 Å². The third-order valence-corrected chi connectivity index (χ3v) is 5.73. The van der Waals surface area contributed by atoms with Gasteiger partial charge in [0.1, 0.15) is 16.6 Å². The zero-order chi connectivity index (χ0) is 21.8. The molecule has 0 aliphatic carbocycles. The van der Waals surface area contributed by atoms with Crippen molar-refractivity contribution < 1.29 is 24.2 Å². The molecule has 1 fully saturated rings. The second kappa shape index (κ2) is 9.38. The predicted molar refractivity (Wildman–Crippen MR) is 121 cm³/mol. The third-order valence-electron chi connectivity index (χ3n) is 4.11. The normalized spacial score (nSPS) is 14.9. The fourth-order valence-corrected chi connectivity index (χ4v) is 4.10. The molecule has 0 saturated carbocycles. The van der Waals surface area contributed by atoms with Crippen molar-refractivity contribution in [2.45, 2.75) is 0 Å². The molecule has 1 aliphatic heterocycles. The minimum Gasteiger partial charge on any atom is -0.506 e. The summed E-state index contributed by atoms with van der Waals surface area (Å²) in [5.41, 5.74) is 0.875. The molecule has 0 aromatic heterocycles. The number of phenolic OH excluding ortho intramolecular Hbond substituents is 1. The van der Waals surface area contributed by atoms with Crippen LogP contribution < -0.4 is 14.8 Å². The van der Waals surface area contributed by atoms with E-state index in [-0.39, 0.29) is 28.2 Å². The van der Waals surface area contributed by atoms with Gasteiger partial charge in [0.15, 0.2) is 11.5 Å². The summed E-state index contributed by atoms with van der Waals surface area (Å²) in [5.74, 6) is 0.0681. The molecule has 2 amide bonds. The Balaban J connectivity index is 1.73. The van der Waals surface area contributed by atoms with Gasteiger partial charge in [0, 0.05) is 5.02 Å². The number of anilines is 1. The molecule has 10 heteroatoms. The van der Waals surface area contributed by atoms with Crippen molar-refractivity contribution in [3.05, 3.63) is 51.9 Å². The lowest BCUT2D eigenvalue weighted by Crippen LogP contribution is -2.36. The second-order valence-corrected chi connectivity index (χ2v) is 8.20. The van der Waals surface area contributed by atoms with E-state index in [0.29, 0.717) is 21.4 Å². The number of nitrogens with one attached hydrogen (secondary N) is 1. The number of nitrogens with zero attached hydrogens (tertiary/aromatic N) is 1. The van der Waals surface area contributed by atoms with Gasteiger partial charge >= 0.3 is 0 Å². The molecule has 1 saturated heterocycles. The van der Waals surface area contributed by atoms with Crippen LogP contribution in [-0.2, 0) is 9.59 Å². The number of carbonyl (C=O) groups excluding carboxylic acids is 2. The number of phenols is 1. The Morgan fingerprint density at radius 1 is 1.23 bits per heavy atom. The monoisotopic (exact) mass is 464 g/mol. The lowest BCUT2D eigenvalue weighted by Gasteiger charge is -2.14. The maximum atomic E-state index is 12.7. The van der Waals surface area contributed by atoms with Crippen molar-refractivity contribution in [1.82, 2.24) is 4.90 Å². The zero-order valence-electron chi connectivity index (χ0n) is 16.0. The number of thioether (sulfide) groups is 1. The third kappa shape index (κ3) is 4.86. The number of benzene rings is 2. The van der Waals surface area contributed by atoms with E-state index in [1.807, 2.05) is 0 Å². The molecule has 30 heavy (non-hydrogen) atoms. The molecular formula is C20H17ClN2O5S2. The first kappa shape index (κ1) is 21.9. The maximum Gasteiger partial charge on any atom is 0.266 e. The van der Waals surface area contributed by atoms with Gasteiger partial charge < -0.3 is 19.9 Å². The number of amides is 2. The van der Waals surface area contributed by atoms with Gasteiger partial charge in [-0.1, -0.05) is 41.6 Å². The number of aromatic hydroxyl groups is 1. The van der Waals surface area contributed by atoms with Gasteiger partial charge in [0.2, 0.25) is 5.91 Å². The minimum atomic E-state index is -0.517. The number of methoxy groups -OCH3 is 2. The van der Waals surface area contributed by atoms with E-state index in [2.05, 4.69) is 5.32 Å². The summed E-state index contributed by atoms with van der Waals surface area (Å²) in [5, 5.41) is 12.7. The Kier molecular flexibility index (Phi) is 6.86. The molecule has 2 aromatic rings. The molecule has 2 N–H and O–H groups in total. The molecule has 2 aromatic carbocycles. The molecule has 0 spiro atoms. The van der Waals surface area contributed by atoms with Crippen LogP contribution in [0.5, 0.6) is 17.2 Å². The molecular weight excluding hydrogens is 448 g/mol. The first-order valence-corrected chi connectivity index (χ1v) is 10.2. The Bertz CT molecular complexity index is 1060. The van der Waals surface area contributed by atoms with Crippen molar-refractivity contribution in [2.24, 2.45) is 0 Å². The molecule has 3 rings (SSSR count). The first-order valence-electron chi connectivity index (χ1n) is 8.58. The Hall–Kier alpha value is -2.75. The Morgan fingerprint density at radius 3 is 2.67 bits per heavy atom. The largest absolute Gasteiger partial charge is 0.506 e. The van der Waals surface area contributed by atoms with E-state index in [1.165, 1.54) is 37.3 Å². The summed E-state index contributed by atoms with van der Waals surface area (Å²) in [6.45, 7) is -0.292. The van der Waals surface area contributed by atoms with Gasteiger partial charge in [-0.3, -0.25) is 14.5 Å². The quantitative estimate of drug-likeness (QED) is 0.380. The van der Waals surface area contributed by atoms with Crippen LogP contribution in [0.4, 0.5) is 5.69 Å². The van der Waals surface area contributed by atoms with E-state index in [4.69, 9.17) is 33.3 Å². The summed E-state index contributed by atoms with van der Waals surface area (Å²) in [4.78, 5) is 26.7. The number of thiocarbonyl (C=S) groups is 1. The molecule has 156 valence electrons. The minimum absolute atomic E-state index is 0.133. The smallest absolute Gasteiger partial charge is 0.266 e. The highest BCUT2D eigenvalue weighted by molar-refractivity contribution is 8.26. The first-order chi connectivity index (χ1) is 14.3. The highest BCUT2D eigenvalue weighted by Crippen LogP contribution is 2.35. The van der Waals surface area contributed by atoms with Gasteiger partial charge in [0.05, 0.1) is 24.8 Å². The lowest BCUT2D eigenvalue weighted by molar-refractivity contribution is -0.126. The molecule has 7 nitrogen and oxygen atoms in total. The zero-order valence-corrected chi connectivity index (χ0v) is 18.4. The summed E-state index contributed by atoms with van der Waals surface area (Å²) in [6.07, 6.45) is 1.67. The lowest BCUT2D eigenvalue weighted by atomic mass is 10.2. The van der Waals surface area contributed by atoms with Crippen LogP contribution in [0.15, 0.2) is 41.3 Å². The van der Waals surface area contributed by atoms with Crippen LogP contribution in [0.3, 0.4) is 0 Å². The second-order valence-electron chi connectivity index (χ2n) is 6.09. The Morgan fingerprint density at radius 2 is 1.97 bits per heavy atom. The van der Waals surface area contributed by atoms with Crippen LogP contribution in [0, 0.1) is 0 Å². The van der Waals surface area contributed by atoms with Crippen molar-refractivity contribution >= 4 is 63.5 Å². The number of ether oxygens (including phenoxy) is 2. The van der Waals surface area contributed by atoms with Crippen LogP contribution >= 0.6 is 35.6 Å². The molecule has 1 aliphatic rings. The summed E-state index contributed by atoms with van der Waals surface area (Å²) < 4.78 is 10.7. The van der Waals surface area contributed by atoms with E-state index in [0.717, 1.165) is 17.3 Å². The van der Waals surface area contributed by atoms with Gasteiger partial charge in [0.25, 0.3) is 5.91 Å². The van der Waals surface area contributed by atoms with E-state index < -0.39 is 5.91 Å². The van der Waals surface area contributed by atoms with Crippen molar-refractivity contribution in [2.75, 3.05) is 26.1 Å². The van der Waals surface area contributed by atoms with Crippen LogP contribution in [0.2, 0.25) is 5.02 Å². The van der Waals surface area contributed by atoms with Crippen molar-refractivity contribution in [3.8, 4) is 17.2 Å². The fraction of sp³-hybridized carbons (Fsp3) is 0.150. The fourth-order valence-electron chi connectivity index (χ4n) is 2.67. The Labute approximate surface area is 187 Å². The van der Waals surface area contributed by atoms with Crippen LogP contribution in [0.1, 0.15) is 5.56 Å². The van der Waals surface area contributed by atoms with Gasteiger partial charge in [-0.2, -0.15) is 0 Å². The van der Waals surface area contributed by atoms with Gasteiger partial charge in [-0.05, 0) is 42.0 Å². The molecule has 0 atom stereocenters. The maximum absolute atomic E-state index is 12.7. The highest BCUT2D eigenvalue weighted by Gasteiger charge is 2.33. The average molecular weight is 465 g/mol. The highest BCUT2D eigenvalue weighted by atomic mass is 35.5. The van der Waals surface area contributed by atoms with E-state index in [1.54, 1.807) is 24.3 Å². The van der Waals surface area contributed by atoms with Gasteiger partial charge in [-0.25, -0.2) is 0 Å². The standard InChI is InChI=1S/C20H17ClN2O5S2/c1-27-15-6-3-11(7-16(15)28-2)8-17-19(26)23(20(29)30-17)10-18(25)22-13-9-12(21)4-5-14(13)24/h3-9,24H,10H2,1-2H3,(H,22,25)/b17-8+. The summed E-state index contributed by atoms with van der Waals surface area (Å²) >= 11 is 12.2. The van der Waals surface area contributed by atoms with Crippen LogP contribution in [-0.4, -0.2) is 46.9 Å². The average Bonchev–Trinajstić information content (AvgIpc) is 2.98. The molecule has 0 bridgehead atoms. The van der Waals surface area contributed by atoms with Crippen molar-refractivity contribution in [1.29, 1.82) is 0 Å².